The zero-order valence-corrected chi connectivity index (χ0v) is 19.2. The maximum absolute atomic E-state index is 5.53. The SMILES string of the molecule is COc1cc(OC)cc(N(CC2CC2)c2ccc3ncc(-c4cnc5[nH]ccc5c4)nc3c2)c1. The summed E-state index contributed by atoms with van der Waals surface area (Å²) in [6.45, 7) is 0.934. The van der Waals surface area contributed by atoms with Gasteiger partial charge >= 0.3 is 0 Å². The summed E-state index contributed by atoms with van der Waals surface area (Å²) in [6.07, 6.45) is 8.04. The Morgan fingerprint density at radius 1 is 0.882 bits per heavy atom. The van der Waals surface area contributed by atoms with Crippen LogP contribution in [0.2, 0.25) is 0 Å². The van der Waals surface area contributed by atoms with Gasteiger partial charge in [-0.15, -0.1) is 0 Å². The summed E-state index contributed by atoms with van der Waals surface area (Å²) in [5.41, 5.74) is 6.42. The Bertz CT molecular complexity index is 1470. The standard InChI is InChI=1S/C27H25N5O2/c1-33-22-10-21(11-23(13-22)34-2)32(16-17-3-4-17)20-5-6-24-25(12-20)31-26(15-29-24)19-9-18-7-8-28-27(18)30-14-19/h5-15,17H,3-4,16H2,1-2H3,(H,28,30). The highest BCUT2D eigenvalue weighted by atomic mass is 16.5. The second-order valence-corrected chi connectivity index (χ2v) is 8.69. The zero-order valence-electron chi connectivity index (χ0n) is 19.2. The predicted octanol–water partition coefficient (Wildman–Crippen LogP) is 5.74. The summed E-state index contributed by atoms with van der Waals surface area (Å²) in [4.78, 5) is 19.6. The number of fused-ring (bicyclic) bond motifs is 2. The fraction of sp³-hybridized carbons (Fsp3) is 0.222. The molecule has 3 aromatic heterocycles. The van der Waals surface area contributed by atoms with Crippen molar-refractivity contribution >= 4 is 33.4 Å². The molecule has 34 heavy (non-hydrogen) atoms. The first-order valence-corrected chi connectivity index (χ1v) is 11.4. The van der Waals surface area contributed by atoms with Crippen LogP contribution < -0.4 is 14.4 Å². The number of benzene rings is 2. The van der Waals surface area contributed by atoms with Crippen LogP contribution in [0.4, 0.5) is 11.4 Å². The maximum atomic E-state index is 5.53. The molecular weight excluding hydrogens is 426 g/mol. The lowest BCUT2D eigenvalue weighted by Gasteiger charge is -2.26. The van der Waals surface area contributed by atoms with E-state index >= 15 is 0 Å². The summed E-state index contributed by atoms with van der Waals surface area (Å²) in [6, 6.07) is 16.3. The molecule has 0 unspecified atom stereocenters. The number of nitrogens with zero attached hydrogens (tertiary/aromatic N) is 4. The summed E-state index contributed by atoms with van der Waals surface area (Å²) in [5, 5.41) is 1.05. The van der Waals surface area contributed by atoms with E-state index in [0.29, 0.717) is 5.92 Å². The predicted molar refractivity (Wildman–Crippen MR) is 134 cm³/mol. The first-order valence-electron chi connectivity index (χ1n) is 11.4. The number of ether oxygens (including phenoxy) is 2. The fourth-order valence-corrected chi connectivity index (χ4v) is 4.25. The molecule has 1 saturated carbocycles. The minimum atomic E-state index is 0.685. The Labute approximate surface area is 197 Å². The van der Waals surface area contributed by atoms with Gasteiger partial charge in [0.2, 0.25) is 0 Å². The van der Waals surface area contributed by atoms with E-state index in [0.717, 1.165) is 62.7 Å². The van der Waals surface area contributed by atoms with Crippen molar-refractivity contribution in [2.45, 2.75) is 12.8 Å². The number of aromatic amines is 1. The van der Waals surface area contributed by atoms with Crippen molar-refractivity contribution in [2.24, 2.45) is 5.92 Å². The smallest absolute Gasteiger partial charge is 0.137 e. The molecule has 1 aliphatic rings. The third-order valence-electron chi connectivity index (χ3n) is 6.32. The molecule has 1 N–H and O–H groups in total. The van der Waals surface area contributed by atoms with Crippen LogP contribution in [-0.4, -0.2) is 40.7 Å². The quantitative estimate of drug-likeness (QED) is 0.340. The van der Waals surface area contributed by atoms with Gasteiger partial charge in [0.15, 0.2) is 0 Å². The van der Waals surface area contributed by atoms with E-state index in [1.54, 1.807) is 14.2 Å². The lowest BCUT2D eigenvalue weighted by atomic mass is 10.1. The molecule has 5 aromatic rings. The molecule has 0 bridgehead atoms. The number of hydrogen-bond acceptors (Lipinski definition) is 6. The molecule has 0 spiro atoms. The molecule has 1 aliphatic carbocycles. The molecule has 6 rings (SSSR count). The van der Waals surface area contributed by atoms with Crippen molar-refractivity contribution in [1.82, 2.24) is 19.9 Å². The van der Waals surface area contributed by atoms with Gasteiger partial charge in [0.25, 0.3) is 0 Å². The number of pyridine rings is 1. The third-order valence-corrected chi connectivity index (χ3v) is 6.32. The number of hydrogen-bond donors (Lipinski definition) is 1. The Kier molecular flexibility index (Phi) is 5.02. The van der Waals surface area contributed by atoms with Crippen LogP contribution in [0.1, 0.15) is 12.8 Å². The van der Waals surface area contributed by atoms with E-state index in [4.69, 9.17) is 14.5 Å². The Morgan fingerprint density at radius 3 is 2.47 bits per heavy atom. The van der Waals surface area contributed by atoms with E-state index < -0.39 is 0 Å². The van der Waals surface area contributed by atoms with E-state index in [-0.39, 0.29) is 0 Å². The van der Waals surface area contributed by atoms with Crippen LogP contribution in [0.3, 0.4) is 0 Å². The third kappa shape index (κ3) is 3.90. The number of aromatic nitrogens is 4. The number of anilines is 2. The molecule has 0 amide bonds. The van der Waals surface area contributed by atoms with Gasteiger partial charge in [-0.3, -0.25) is 4.98 Å². The van der Waals surface area contributed by atoms with Crippen molar-refractivity contribution in [3.8, 4) is 22.8 Å². The Hall–Kier alpha value is -4.13. The number of nitrogens with one attached hydrogen (secondary N) is 1. The average Bonchev–Trinajstić information content (AvgIpc) is 3.59. The first kappa shape index (κ1) is 20.5. The Morgan fingerprint density at radius 2 is 1.71 bits per heavy atom. The summed E-state index contributed by atoms with van der Waals surface area (Å²) >= 11 is 0. The highest BCUT2D eigenvalue weighted by molar-refractivity contribution is 5.85. The zero-order chi connectivity index (χ0) is 23.1. The molecule has 7 nitrogen and oxygen atoms in total. The fourth-order valence-electron chi connectivity index (χ4n) is 4.25. The molecule has 2 aromatic carbocycles. The summed E-state index contributed by atoms with van der Waals surface area (Å²) < 4.78 is 11.1. The largest absolute Gasteiger partial charge is 0.497 e. The van der Waals surface area contributed by atoms with Gasteiger partial charge in [-0.2, -0.15) is 0 Å². The second-order valence-electron chi connectivity index (χ2n) is 8.69. The number of H-pyrrole nitrogens is 1. The molecule has 7 heteroatoms. The molecule has 0 atom stereocenters. The Balaban J connectivity index is 1.42. The number of rotatable bonds is 7. The average molecular weight is 452 g/mol. The van der Waals surface area contributed by atoms with Gasteiger partial charge in [0.1, 0.15) is 17.1 Å². The van der Waals surface area contributed by atoms with Crippen molar-refractivity contribution in [2.75, 3.05) is 25.7 Å². The van der Waals surface area contributed by atoms with Gasteiger partial charge in [0, 0.05) is 59.5 Å². The molecule has 3 heterocycles. The van der Waals surface area contributed by atoms with E-state index in [2.05, 4.69) is 50.2 Å². The van der Waals surface area contributed by atoms with Gasteiger partial charge in [-0.05, 0) is 49.1 Å². The van der Waals surface area contributed by atoms with Gasteiger partial charge in [0.05, 0.1) is 37.1 Å². The molecule has 0 radical (unpaired) electrons. The lowest BCUT2D eigenvalue weighted by Crippen LogP contribution is -2.20. The van der Waals surface area contributed by atoms with Crippen molar-refractivity contribution in [3.05, 3.63) is 67.1 Å². The minimum absolute atomic E-state index is 0.685. The van der Waals surface area contributed by atoms with Gasteiger partial charge in [-0.25, -0.2) is 9.97 Å². The van der Waals surface area contributed by atoms with Crippen LogP contribution in [0.5, 0.6) is 11.5 Å². The molecule has 0 aliphatic heterocycles. The van der Waals surface area contributed by atoms with Crippen LogP contribution in [-0.2, 0) is 0 Å². The molecular formula is C27H25N5O2. The minimum Gasteiger partial charge on any atom is -0.497 e. The van der Waals surface area contributed by atoms with Crippen molar-refractivity contribution < 1.29 is 9.47 Å². The first-order chi connectivity index (χ1) is 16.7. The van der Waals surface area contributed by atoms with E-state index in [1.807, 2.05) is 36.8 Å². The maximum Gasteiger partial charge on any atom is 0.137 e. The molecule has 1 fully saturated rings. The number of methoxy groups -OCH3 is 2. The van der Waals surface area contributed by atoms with E-state index in [9.17, 15) is 0 Å². The van der Waals surface area contributed by atoms with Crippen molar-refractivity contribution in [1.29, 1.82) is 0 Å². The van der Waals surface area contributed by atoms with Gasteiger partial charge < -0.3 is 19.4 Å². The monoisotopic (exact) mass is 451 g/mol. The molecule has 0 saturated heterocycles. The highest BCUT2D eigenvalue weighted by Crippen LogP contribution is 2.38. The van der Waals surface area contributed by atoms with Crippen LogP contribution >= 0.6 is 0 Å². The highest BCUT2D eigenvalue weighted by Gasteiger charge is 2.26. The van der Waals surface area contributed by atoms with Crippen LogP contribution in [0.25, 0.3) is 33.3 Å². The normalized spacial score (nSPS) is 13.4. The second kappa shape index (κ2) is 8.33. The summed E-state index contributed by atoms with van der Waals surface area (Å²) in [5.74, 6) is 2.22. The lowest BCUT2D eigenvalue weighted by molar-refractivity contribution is 0.394. The molecule has 170 valence electrons. The van der Waals surface area contributed by atoms with Crippen LogP contribution in [0.15, 0.2) is 67.1 Å². The van der Waals surface area contributed by atoms with Crippen LogP contribution in [0, 0.1) is 5.92 Å². The van der Waals surface area contributed by atoms with Crippen molar-refractivity contribution in [3.63, 3.8) is 0 Å². The topological polar surface area (TPSA) is 76.2 Å². The van der Waals surface area contributed by atoms with Gasteiger partial charge in [-0.1, -0.05) is 0 Å². The summed E-state index contributed by atoms with van der Waals surface area (Å²) in [7, 11) is 3.35. The van der Waals surface area contributed by atoms with E-state index in [1.165, 1.54) is 12.8 Å².